The molecule has 4 heteroatoms. The molecule has 0 saturated heterocycles. The van der Waals surface area contributed by atoms with Gasteiger partial charge in [-0.25, -0.2) is 4.98 Å². The zero-order valence-electron chi connectivity index (χ0n) is 24.2. The summed E-state index contributed by atoms with van der Waals surface area (Å²) in [5.74, 6) is 0.631. The van der Waals surface area contributed by atoms with Crippen molar-refractivity contribution in [3.8, 4) is 22.6 Å². The number of fused-ring (bicyclic) bond motifs is 6. The Morgan fingerprint density at radius 1 is 0.511 bits per heavy atom. The Kier molecular flexibility index (Phi) is 6.00. The first-order valence-electron chi connectivity index (χ1n) is 15.1. The van der Waals surface area contributed by atoms with Crippen molar-refractivity contribution in [1.29, 1.82) is 0 Å². The highest BCUT2D eigenvalue weighted by molar-refractivity contribution is 7.25. The predicted octanol–water partition coefficient (Wildman–Crippen LogP) is 12.2. The molecule has 3 nitrogen and oxygen atoms in total. The zero-order valence-corrected chi connectivity index (χ0v) is 25.0. The average molecular weight is 595 g/mol. The maximum Gasteiger partial charge on any atom is 0.227 e. The lowest BCUT2D eigenvalue weighted by Gasteiger charge is -2.27. The summed E-state index contributed by atoms with van der Waals surface area (Å²) in [4.78, 5) is 7.18. The van der Waals surface area contributed by atoms with E-state index < -0.39 is 0 Å². The van der Waals surface area contributed by atoms with Crippen LogP contribution in [0.2, 0.25) is 0 Å². The predicted molar refractivity (Wildman–Crippen MR) is 190 cm³/mol. The maximum absolute atomic E-state index is 6.43. The van der Waals surface area contributed by atoms with Gasteiger partial charge in [0.15, 0.2) is 5.58 Å². The van der Waals surface area contributed by atoms with Crippen LogP contribution in [0.3, 0.4) is 0 Å². The van der Waals surface area contributed by atoms with Gasteiger partial charge in [0.05, 0.1) is 5.69 Å². The summed E-state index contributed by atoms with van der Waals surface area (Å²) < 4.78 is 9.05. The van der Waals surface area contributed by atoms with Crippen molar-refractivity contribution in [3.05, 3.63) is 158 Å². The number of hydrogen-bond acceptors (Lipinski definition) is 4. The van der Waals surface area contributed by atoms with Crippen molar-refractivity contribution in [2.24, 2.45) is 0 Å². The van der Waals surface area contributed by atoms with E-state index in [9.17, 15) is 0 Å². The highest BCUT2D eigenvalue weighted by atomic mass is 32.1. The fourth-order valence-corrected chi connectivity index (χ4v) is 7.59. The van der Waals surface area contributed by atoms with E-state index in [0.717, 1.165) is 44.5 Å². The van der Waals surface area contributed by atoms with Crippen molar-refractivity contribution < 1.29 is 4.42 Å². The van der Waals surface area contributed by atoms with Gasteiger partial charge in [0.1, 0.15) is 5.52 Å². The van der Waals surface area contributed by atoms with Gasteiger partial charge in [-0.3, -0.25) is 0 Å². The summed E-state index contributed by atoms with van der Waals surface area (Å²) in [5.41, 5.74) is 8.30. The van der Waals surface area contributed by atoms with E-state index in [0.29, 0.717) is 5.89 Å². The lowest BCUT2D eigenvalue weighted by molar-refractivity contribution is 0.623. The molecule has 0 amide bonds. The van der Waals surface area contributed by atoms with E-state index in [4.69, 9.17) is 9.40 Å². The van der Waals surface area contributed by atoms with Gasteiger partial charge >= 0.3 is 0 Å². The van der Waals surface area contributed by atoms with E-state index in [1.165, 1.54) is 31.3 Å². The average Bonchev–Trinajstić information content (AvgIpc) is 3.72. The van der Waals surface area contributed by atoms with Crippen molar-refractivity contribution >= 4 is 70.4 Å². The lowest BCUT2D eigenvalue weighted by Crippen LogP contribution is -2.10. The first-order chi connectivity index (χ1) is 22.3. The molecular weight excluding hydrogens is 569 g/mol. The number of anilines is 3. The Hall–Kier alpha value is -5.71. The molecule has 0 aliphatic heterocycles. The third kappa shape index (κ3) is 4.30. The standard InChI is InChI=1S/C41H26N2OS/c1-3-12-27(13-4-1)41-42-35-25-24-32-33(40(35)44-41)20-10-21-36(32)43(29-15-5-2-6-16-29)30-17-9-14-28(26-30)31-19-11-23-38-39(31)34-18-7-8-22-37(34)45-38/h1-26H. The highest BCUT2D eigenvalue weighted by Gasteiger charge is 2.19. The van der Waals surface area contributed by atoms with Crippen LogP contribution in [-0.4, -0.2) is 4.98 Å². The zero-order chi connectivity index (χ0) is 29.7. The largest absolute Gasteiger partial charge is 0.435 e. The molecule has 45 heavy (non-hydrogen) atoms. The van der Waals surface area contributed by atoms with Gasteiger partial charge in [-0.05, 0) is 77.9 Å². The summed E-state index contributed by atoms with van der Waals surface area (Å²) in [7, 11) is 0. The molecule has 7 aromatic carbocycles. The Morgan fingerprint density at radius 3 is 2.09 bits per heavy atom. The molecule has 0 radical (unpaired) electrons. The van der Waals surface area contributed by atoms with E-state index in [2.05, 4.69) is 132 Å². The van der Waals surface area contributed by atoms with Crippen LogP contribution in [0.1, 0.15) is 0 Å². The van der Waals surface area contributed by atoms with Gasteiger partial charge in [-0.15, -0.1) is 11.3 Å². The fourth-order valence-electron chi connectivity index (χ4n) is 6.46. The Balaban J connectivity index is 1.24. The van der Waals surface area contributed by atoms with Crippen LogP contribution in [-0.2, 0) is 0 Å². The van der Waals surface area contributed by atoms with Crippen LogP contribution in [0.15, 0.2) is 162 Å². The third-order valence-electron chi connectivity index (χ3n) is 8.48. The normalized spacial score (nSPS) is 11.6. The van der Waals surface area contributed by atoms with Crippen molar-refractivity contribution in [1.82, 2.24) is 4.98 Å². The van der Waals surface area contributed by atoms with Crippen molar-refractivity contribution in [3.63, 3.8) is 0 Å². The fraction of sp³-hybridized carbons (Fsp3) is 0. The molecule has 0 spiro atoms. The number of oxazole rings is 1. The molecule has 212 valence electrons. The minimum Gasteiger partial charge on any atom is -0.435 e. The van der Waals surface area contributed by atoms with E-state index in [-0.39, 0.29) is 0 Å². The second-order valence-corrected chi connectivity index (χ2v) is 12.3. The van der Waals surface area contributed by atoms with Crippen LogP contribution < -0.4 is 4.90 Å². The monoisotopic (exact) mass is 594 g/mol. The van der Waals surface area contributed by atoms with Crippen LogP contribution >= 0.6 is 11.3 Å². The second-order valence-electron chi connectivity index (χ2n) is 11.2. The Labute approximate surface area is 264 Å². The molecular formula is C41H26N2OS. The number of rotatable bonds is 5. The first-order valence-corrected chi connectivity index (χ1v) is 15.9. The minimum atomic E-state index is 0.631. The molecule has 0 atom stereocenters. The molecule has 2 heterocycles. The molecule has 0 aliphatic carbocycles. The number of benzene rings is 7. The Bertz CT molecular complexity index is 2500. The van der Waals surface area contributed by atoms with Gasteiger partial charge in [0.2, 0.25) is 5.89 Å². The molecule has 9 aromatic rings. The molecule has 0 bridgehead atoms. The molecule has 0 unspecified atom stereocenters. The summed E-state index contributed by atoms with van der Waals surface area (Å²) in [6.07, 6.45) is 0. The quantitative estimate of drug-likeness (QED) is 0.198. The number of hydrogen-bond donors (Lipinski definition) is 0. The van der Waals surface area contributed by atoms with Gasteiger partial charge < -0.3 is 9.32 Å². The van der Waals surface area contributed by atoms with Crippen LogP contribution in [0.25, 0.3) is 64.6 Å². The molecule has 0 aliphatic rings. The molecule has 0 N–H and O–H groups in total. The van der Waals surface area contributed by atoms with Crippen molar-refractivity contribution in [2.75, 3.05) is 4.90 Å². The number of aromatic nitrogens is 1. The SMILES string of the molecule is c1ccc(-c2nc3ccc4c(N(c5ccccc5)c5cccc(-c6cccc7sc8ccccc8c67)c5)cccc4c3o2)cc1. The van der Waals surface area contributed by atoms with Gasteiger partial charge in [-0.1, -0.05) is 91.0 Å². The van der Waals surface area contributed by atoms with Gasteiger partial charge in [-0.2, -0.15) is 0 Å². The molecule has 0 fully saturated rings. The summed E-state index contributed by atoms with van der Waals surface area (Å²) in [6.45, 7) is 0. The van der Waals surface area contributed by atoms with Gasteiger partial charge in [0.25, 0.3) is 0 Å². The van der Waals surface area contributed by atoms with Crippen LogP contribution in [0.5, 0.6) is 0 Å². The molecule has 9 rings (SSSR count). The number of para-hydroxylation sites is 1. The van der Waals surface area contributed by atoms with E-state index >= 15 is 0 Å². The third-order valence-corrected chi connectivity index (χ3v) is 9.62. The summed E-state index contributed by atoms with van der Waals surface area (Å²) in [5, 5.41) is 4.75. The lowest BCUT2D eigenvalue weighted by atomic mass is 9.98. The highest BCUT2D eigenvalue weighted by Crippen LogP contribution is 2.44. The van der Waals surface area contributed by atoms with E-state index in [1.54, 1.807) is 0 Å². The second kappa shape index (κ2) is 10.5. The van der Waals surface area contributed by atoms with Crippen LogP contribution in [0.4, 0.5) is 17.1 Å². The minimum absolute atomic E-state index is 0.631. The van der Waals surface area contributed by atoms with Gasteiger partial charge in [0, 0.05) is 47.9 Å². The van der Waals surface area contributed by atoms with Crippen molar-refractivity contribution in [2.45, 2.75) is 0 Å². The topological polar surface area (TPSA) is 29.3 Å². The van der Waals surface area contributed by atoms with Crippen LogP contribution in [0, 0.1) is 0 Å². The summed E-state index contributed by atoms with van der Waals surface area (Å²) >= 11 is 1.85. The number of thiophene rings is 1. The maximum atomic E-state index is 6.43. The molecule has 0 saturated carbocycles. The first kappa shape index (κ1) is 25.8. The number of nitrogens with zero attached hydrogens (tertiary/aromatic N) is 2. The smallest absolute Gasteiger partial charge is 0.227 e. The van der Waals surface area contributed by atoms with E-state index in [1.807, 2.05) is 41.7 Å². The summed E-state index contributed by atoms with van der Waals surface area (Å²) in [6, 6.07) is 55.6. The Morgan fingerprint density at radius 2 is 1.20 bits per heavy atom. The molecule has 2 aromatic heterocycles.